The summed E-state index contributed by atoms with van der Waals surface area (Å²) < 4.78 is 5.51. The van der Waals surface area contributed by atoms with Crippen LogP contribution in [0.15, 0.2) is 102 Å². The van der Waals surface area contributed by atoms with Crippen LogP contribution in [0.2, 0.25) is 0 Å². The highest BCUT2D eigenvalue weighted by atomic mass is 32.2. The van der Waals surface area contributed by atoms with Gasteiger partial charge in [-0.05, 0) is 122 Å². The van der Waals surface area contributed by atoms with Crippen molar-refractivity contribution in [2.45, 2.75) is 99.0 Å². The molecule has 0 aromatic heterocycles. The predicted molar refractivity (Wildman–Crippen MR) is 211 cm³/mol. The van der Waals surface area contributed by atoms with Gasteiger partial charge in [0.1, 0.15) is 5.75 Å². The topological polar surface area (TPSA) is 33.3 Å². The number of thioether (sulfide) groups is 1. The second kappa shape index (κ2) is 21.2. The van der Waals surface area contributed by atoms with Gasteiger partial charge in [0, 0.05) is 17.9 Å². The molecule has 0 saturated carbocycles. The first-order chi connectivity index (χ1) is 22.3. The standard InChI is InChI=1S/C43H66N2OS/c1-30(2)25-41(38(10)47-12)27-33(5)35(7)29-44-37(9)42(28-40-23-24-43(46-11)34(6)26-40)45-36(8)16-14-13-15-31(3)17-20-39-21-18-32(4)19-22-39/h14,16,18,21-24,26,30-32,35,41-42,44-45H,5,8-10,13,15,17,19-20,25,27-29H2,1-4,6-7,11-12H3/b16-14+/t31?,32?,35?,41?,42-/m1/s1. The molecule has 0 radical (unpaired) electrons. The Balaban J connectivity index is 1.98. The smallest absolute Gasteiger partial charge is 0.121 e. The van der Waals surface area contributed by atoms with E-state index in [1.807, 2.05) is 0 Å². The van der Waals surface area contributed by atoms with Crippen LogP contribution >= 0.6 is 11.8 Å². The van der Waals surface area contributed by atoms with Crippen molar-refractivity contribution in [3.63, 3.8) is 0 Å². The molecule has 0 bridgehead atoms. The molecule has 4 unspecified atom stereocenters. The SMILES string of the molecule is C=C(/C=C/CCC(C)CCC1=CCC(C)C=C1)N[C@H](Cc1ccc(OC)c(C)c1)C(=C)NCC(C)C(=C)CC(CC(C)C)C(=C)SC. The van der Waals surface area contributed by atoms with Crippen molar-refractivity contribution in [2.75, 3.05) is 19.9 Å². The number of ether oxygens (including phenoxy) is 1. The fourth-order valence-electron chi connectivity index (χ4n) is 6.09. The number of methoxy groups -OCH3 is 1. The van der Waals surface area contributed by atoms with Gasteiger partial charge in [-0.2, -0.15) is 0 Å². The van der Waals surface area contributed by atoms with Crippen molar-refractivity contribution < 1.29 is 4.74 Å². The molecule has 0 saturated heterocycles. The molecule has 0 aliphatic heterocycles. The summed E-state index contributed by atoms with van der Waals surface area (Å²) in [6, 6.07) is 6.39. The minimum absolute atomic E-state index is 0.0103. The molecule has 1 aliphatic rings. The molecule has 0 heterocycles. The van der Waals surface area contributed by atoms with Gasteiger partial charge >= 0.3 is 0 Å². The fourth-order valence-corrected chi connectivity index (χ4v) is 6.60. The zero-order chi connectivity index (χ0) is 34.9. The highest BCUT2D eigenvalue weighted by Gasteiger charge is 2.20. The summed E-state index contributed by atoms with van der Waals surface area (Å²) in [4.78, 5) is 1.26. The van der Waals surface area contributed by atoms with Crippen molar-refractivity contribution in [2.24, 2.45) is 29.6 Å². The first kappa shape index (κ1) is 40.3. The Morgan fingerprint density at radius 2 is 1.85 bits per heavy atom. The molecule has 2 rings (SSSR count). The largest absolute Gasteiger partial charge is 0.496 e. The molecule has 3 nitrogen and oxygen atoms in total. The Morgan fingerprint density at radius 1 is 1.11 bits per heavy atom. The van der Waals surface area contributed by atoms with E-state index in [4.69, 9.17) is 4.74 Å². The molecule has 5 atom stereocenters. The zero-order valence-electron chi connectivity index (χ0n) is 31.1. The molecule has 260 valence electrons. The lowest BCUT2D eigenvalue weighted by Gasteiger charge is -2.27. The van der Waals surface area contributed by atoms with E-state index in [1.54, 1.807) is 18.9 Å². The van der Waals surface area contributed by atoms with Gasteiger partial charge in [-0.1, -0.05) is 109 Å². The lowest BCUT2D eigenvalue weighted by atomic mass is 9.87. The maximum absolute atomic E-state index is 5.51. The van der Waals surface area contributed by atoms with Crippen LogP contribution in [0.5, 0.6) is 5.75 Å². The van der Waals surface area contributed by atoms with E-state index in [1.165, 1.54) is 47.3 Å². The highest BCUT2D eigenvalue weighted by Crippen LogP contribution is 2.33. The fraction of sp³-hybridized carbons (Fsp3) is 0.535. The summed E-state index contributed by atoms with van der Waals surface area (Å²) in [5, 5.41) is 7.34. The molecule has 1 aromatic rings. The van der Waals surface area contributed by atoms with Crippen LogP contribution in [0.25, 0.3) is 0 Å². The van der Waals surface area contributed by atoms with Gasteiger partial charge in [-0.25, -0.2) is 0 Å². The van der Waals surface area contributed by atoms with Gasteiger partial charge in [0.05, 0.1) is 13.2 Å². The van der Waals surface area contributed by atoms with Gasteiger partial charge in [0.15, 0.2) is 0 Å². The van der Waals surface area contributed by atoms with Gasteiger partial charge in [-0.3, -0.25) is 0 Å². The molecule has 2 N–H and O–H groups in total. The van der Waals surface area contributed by atoms with Gasteiger partial charge in [-0.15, -0.1) is 11.8 Å². The van der Waals surface area contributed by atoms with Crippen molar-refractivity contribution >= 4 is 11.8 Å². The van der Waals surface area contributed by atoms with Crippen LogP contribution in [0.3, 0.4) is 0 Å². The van der Waals surface area contributed by atoms with E-state index in [0.717, 1.165) is 54.9 Å². The summed E-state index contributed by atoms with van der Waals surface area (Å²) in [5.41, 5.74) is 7.01. The number of hydrogen-bond donors (Lipinski definition) is 2. The Labute approximate surface area is 293 Å². The molecule has 4 heteroatoms. The van der Waals surface area contributed by atoms with Gasteiger partial charge in [0.2, 0.25) is 0 Å². The molecule has 1 aliphatic carbocycles. The van der Waals surface area contributed by atoms with Gasteiger partial charge < -0.3 is 15.4 Å². The van der Waals surface area contributed by atoms with Crippen LogP contribution in [-0.4, -0.2) is 26.0 Å². The van der Waals surface area contributed by atoms with Crippen LogP contribution in [0.4, 0.5) is 0 Å². The van der Waals surface area contributed by atoms with E-state index >= 15 is 0 Å². The lowest BCUT2D eigenvalue weighted by molar-refractivity contribution is 0.411. The van der Waals surface area contributed by atoms with E-state index in [0.29, 0.717) is 29.6 Å². The second-order valence-electron chi connectivity index (χ2n) is 14.4. The summed E-state index contributed by atoms with van der Waals surface area (Å²) in [6.45, 7) is 32.1. The monoisotopic (exact) mass is 658 g/mol. The minimum atomic E-state index is -0.0103. The molecule has 0 fully saturated rings. The molecule has 0 spiro atoms. The van der Waals surface area contributed by atoms with Crippen LogP contribution in [0, 0.1) is 36.5 Å². The molecule has 0 amide bonds. The summed E-state index contributed by atoms with van der Waals surface area (Å²) in [5.74, 6) is 3.70. The summed E-state index contributed by atoms with van der Waals surface area (Å²) in [6.07, 6.45) is 22.4. The number of allylic oxidation sites excluding steroid dienone is 7. The number of benzene rings is 1. The first-order valence-corrected chi connectivity index (χ1v) is 19.0. The maximum atomic E-state index is 5.51. The average molecular weight is 659 g/mol. The van der Waals surface area contributed by atoms with Crippen molar-refractivity contribution in [3.8, 4) is 5.75 Å². The Kier molecular flexibility index (Phi) is 18.2. The lowest BCUT2D eigenvalue weighted by Crippen LogP contribution is -2.38. The zero-order valence-corrected chi connectivity index (χ0v) is 31.9. The third kappa shape index (κ3) is 15.3. The van der Waals surface area contributed by atoms with Crippen molar-refractivity contribution in [1.82, 2.24) is 10.6 Å². The highest BCUT2D eigenvalue weighted by molar-refractivity contribution is 8.02. The quantitative estimate of drug-likeness (QED) is 0.0905. The predicted octanol–water partition coefficient (Wildman–Crippen LogP) is 11.5. The van der Waals surface area contributed by atoms with E-state index in [-0.39, 0.29) is 6.04 Å². The van der Waals surface area contributed by atoms with Crippen LogP contribution in [0.1, 0.15) is 90.7 Å². The second-order valence-corrected chi connectivity index (χ2v) is 15.3. The molecule has 47 heavy (non-hydrogen) atoms. The number of nitrogens with one attached hydrogen (secondary N) is 2. The summed E-state index contributed by atoms with van der Waals surface area (Å²) >= 11 is 1.78. The first-order valence-electron chi connectivity index (χ1n) is 17.8. The Hall–Kier alpha value is -2.85. The van der Waals surface area contributed by atoms with Gasteiger partial charge in [0.25, 0.3) is 0 Å². The van der Waals surface area contributed by atoms with E-state index in [9.17, 15) is 0 Å². The van der Waals surface area contributed by atoms with E-state index < -0.39 is 0 Å². The maximum Gasteiger partial charge on any atom is 0.121 e. The van der Waals surface area contributed by atoms with Crippen molar-refractivity contribution in [1.29, 1.82) is 0 Å². The molecular formula is C43H66N2OS. The number of rotatable bonds is 23. The number of hydrogen-bond acceptors (Lipinski definition) is 4. The van der Waals surface area contributed by atoms with Crippen molar-refractivity contribution in [3.05, 3.63) is 113 Å². The Morgan fingerprint density at radius 3 is 2.47 bits per heavy atom. The third-order valence-electron chi connectivity index (χ3n) is 9.46. The summed E-state index contributed by atoms with van der Waals surface area (Å²) in [7, 11) is 1.72. The molecular weight excluding hydrogens is 593 g/mol. The number of aryl methyl sites for hydroxylation is 1. The van der Waals surface area contributed by atoms with Crippen LogP contribution < -0.4 is 15.4 Å². The van der Waals surface area contributed by atoms with E-state index in [2.05, 4.69) is 133 Å². The molecule has 1 aromatic carbocycles. The normalized spacial score (nSPS) is 17.1. The third-order valence-corrected chi connectivity index (χ3v) is 10.3. The van der Waals surface area contributed by atoms with Crippen LogP contribution in [-0.2, 0) is 6.42 Å². The Bertz CT molecular complexity index is 1270. The minimum Gasteiger partial charge on any atom is -0.496 e. The average Bonchev–Trinajstić information content (AvgIpc) is 3.03.